The molecule has 0 atom stereocenters. The molecule has 1 aromatic heterocycles. The van der Waals surface area contributed by atoms with E-state index in [0.29, 0.717) is 10.9 Å². The Morgan fingerprint density at radius 2 is 1.71 bits per heavy atom. The summed E-state index contributed by atoms with van der Waals surface area (Å²) < 4.78 is 40.1. The van der Waals surface area contributed by atoms with Crippen molar-refractivity contribution in [3.8, 4) is 11.4 Å². The van der Waals surface area contributed by atoms with Gasteiger partial charge in [0.05, 0.1) is 11.1 Å². The van der Waals surface area contributed by atoms with Gasteiger partial charge in [-0.15, -0.1) is 0 Å². The van der Waals surface area contributed by atoms with Gasteiger partial charge >= 0.3 is 0 Å². The molecule has 0 aliphatic heterocycles. The summed E-state index contributed by atoms with van der Waals surface area (Å²) in [6, 6.07) is 7.25. The fourth-order valence-corrected chi connectivity index (χ4v) is 2.08. The number of hydrogen-bond donors (Lipinski definition) is 1. The summed E-state index contributed by atoms with van der Waals surface area (Å²) in [6.07, 6.45) is 0. The molecule has 1 heterocycles. The van der Waals surface area contributed by atoms with Crippen molar-refractivity contribution in [1.82, 2.24) is 9.97 Å². The van der Waals surface area contributed by atoms with Gasteiger partial charge in [-0.2, -0.15) is 0 Å². The van der Waals surface area contributed by atoms with Crippen molar-refractivity contribution in [2.24, 2.45) is 0 Å². The van der Waals surface area contributed by atoms with E-state index in [1.807, 2.05) is 13.0 Å². The Bertz CT molecular complexity index is 862. The summed E-state index contributed by atoms with van der Waals surface area (Å²) in [6.45, 7) is 1.89. The van der Waals surface area contributed by atoms with Crippen molar-refractivity contribution in [3.05, 3.63) is 53.3 Å². The normalized spacial score (nSPS) is 11.0. The van der Waals surface area contributed by atoms with Gasteiger partial charge in [0.15, 0.2) is 23.3 Å². The molecule has 0 spiro atoms. The quantitative estimate of drug-likeness (QED) is 0.696. The van der Waals surface area contributed by atoms with Crippen LogP contribution < -0.4 is 5.73 Å². The molecule has 3 nitrogen and oxygen atoms in total. The van der Waals surface area contributed by atoms with E-state index in [2.05, 4.69) is 9.97 Å². The highest BCUT2D eigenvalue weighted by Crippen LogP contribution is 2.27. The summed E-state index contributed by atoms with van der Waals surface area (Å²) in [7, 11) is 0. The predicted molar refractivity (Wildman–Crippen MR) is 74.0 cm³/mol. The zero-order chi connectivity index (χ0) is 15.1. The molecule has 2 aromatic carbocycles. The van der Waals surface area contributed by atoms with Crippen LogP contribution in [0.1, 0.15) is 5.56 Å². The summed E-state index contributed by atoms with van der Waals surface area (Å²) in [4.78, 5) is 8.14. The first kappa shape index (κ1) is 13.4. The van der Waals surface area contributed by atoms with Gasteiger partial charge in [0, 0.05) is 5.39 Å². The highest BCUT2D eigenvalue weighted by molar-refractivity contribution is 5.90. The molecule has 3 aromatic rings. The SMILES string of the molecule is Cc1ccc2nc(-c3ccc(F)c(F)c3F)nc(N)c2c1. The standard InChI is InChI=1S/C15H10F3N3/c1-7-2-5-11-9(6-7)14(19)21-15(20-11)8-3-4-10(16)13(18)12(8)17/h2-6H,1H3,(H2,19,20,21). The summed E-state index contributed by atoms with van der Waals surface area (Å²) in [5, 5.41) is 0.627. The van der Waals surface area contributed by atoms with Crippen molar-refractivity contribution in [2.45, 2.75) is 6.92 Å². The van der Waals surface area contributed by atoms with Gasteiger partial charge in [-0.1, -0.05) is 11.6 Å². The van der Waals surface area contributed by atoms with E-state index in [4.69, 9.17) is 5.73 Å². The van der Waals surface area contributed by atoms with Gasteiger partial charge in [0.25, 0.3) is 0 Å². The van der Waals surface area contributed by atoms with Gasteiger partial charge < -0.3 is 5.73 Å². The number of hydrogen-bond acceptors (Lipinski definition) is 3. The Morgan fingerprint density at radius 3 is 2.48 bits per heavy atom. The van der Waals surface area contributed by atoms with Crippen LogP contribution in [0, 0.1) is 24.4 Å². The first-order valence-corrected chi connectivity index (χ1v) is 6.15. The van der Waals surface area contributed by atoms with Crippen molar-refractivity contribution in [1.29, 1.82) is 0 Å². The molecule has 0 unspecified atom stereocenters. The van der Waals surface area contributed by atoms with Gasteiger partial charge in [-0.3, -0.25) is 0 Å². The zero-order valence-electron chi connectivity index (χ0n) is 11.0. The predicted octanol–water partition coefficient (Wildman–Crippen LogP) is 3.60. The van der Waals surface area contributed by atoms with Gasteiger partial charge in [0.1, 0.15) is 5.82 Å². The summed E-state index contributed by atoms with van der Waals surface area (Å²) in [5.41, 5.74) is 7.09. The molecule has 0 aliphatic carbocycles. The van der Waals surface area contributed by atoms with Crippen molar-refractivity contribution in [2.75, 3.05) is 5.73 Å². The number of fused-ring (bicyclic) bond motifs is 1. The number of anilines is 1. The second-order valence-corrected chi connectivity index (χ2v) is 4.68. The largest absolute Gasteiger partial charge is 0.383 e. The number of rotatable bonds is 1. The third kappa shape index (κ3) is 2.18. The fourth-order valence-electron chi connectivity index (χ4n) is 2.08. The molecule has 0 saturated heterocycles. The maximum absolute atomic E-state index is 13.8. The second-order valence-electron chi connectivity index (χ2n) is 4.68. The van der Waals surface area contributed by atoms with E-state index in [1.165, 1.54) is 0 Å². The first-order valence-electron chi connectivity index (χ1n) is 6.15. The highest BCUT2D eigenvalue weighted by Gasteiger charge is 2.17. The second kappa shape index (κ2) is 4.73. The lowest BCUT2D eigenvalue weighted by Gasteiger charge is -2.07. The molecule has 0 aliphatic rings. The van der Waals surface area contributed by atoms with Crippen LogP contribution in [0.25, 0.3) is 22.3 Å². The molecule has 0 fully saturated rings. The van der Waals surface area contributed by atoms with Crippen molar-refractivity contribution >= 4 is 16.7 Å². The van der Waals surface area contributed by atoms with Crippen molar-refractivity contribution in [3.63, 3.8) is 0 Å². The lowest BCUT2D eigenvalue weighted by Crippen LogP contribution is -2.01. The van der Waals surface area contributed by atoms with Gasteiger partial charge in [0.2, 0.25) is 0 Å². The summed E-state index contributed by atoms with van der Waals surface area (Å²) in [5.74, 6) is -4.08. The number of aromatic nitrogens is 2. The topological polar surface area (TPSA) is 51.8 Å². The summed E-state index contributed by atoms with van der Waals surface area (Å²) >= 11 is 0. The van der Waals surface area contributed by atoms with Crippen LogP contribution in [0.3, 0.4) is 0 Å². The van der Waals surface area contributed by atoms with Crippen LogP contribution in [-0.2, 0) is 0 Å². The monoisotopic (exact) mass is 289 g/mol. The molecule has 21 heavy (non-hydrogen) atoms. The Balaban J connectivity index is 2.27. The Morgan fingerprint density at radius 1 is 0.952 bits per heavy atom. The molecular weight excluding hydrogens is 279 g/mol. The molecule has 0 amide bonds. The minimum absolute atomic E-state index is 0.0831. The van der Waals surface area contributed by atoms with E-state index in [1.54, 1.807) is 12.1 Å². The molecule has 0 saturated carbocycles. The molecule has 106 valence electrons. The first-order chi connectivity index (χ1) is 9.97. The van der Waals surface area contributed by atoms with E-state index in [9.17, 15) is 13.2 Å². The van der Waals surface area contributed by atoms with Crippen LogP contribution in [0.2, 0.25) is 0 Å². The number of nitrogens with two attached hydrogens (primary N) is 1. The smallest absolute Gasteiger partial charge is 0.195 e. The average molecular weight is 289 g/mol. The maximum atomic E-state index is 13.8. The number of nitrogen functional groups attached to an aromatic ring is 1. The fraction of sp³-hybridized carbons (Fsp3) is 0.0667. The number of halogens is 3. The van der Waals surface area contributed by atoms with Gasteiger partial charge in [-0.25, -0.2) is 23.1 Å². The van der Waals surface area contributed by atoms with Crippen LogP contribution in [0.4, 0.5) is 19.0 Å². The lowest BCUT2D eigenvalue weighted by molar-refractivity contribution is 0.448. The molecular formula is C15H10F3N3. The zero-order valence-corrected chi connectivity index (χ0v) is 11.0. The van der Waals surface area contributed by atoms with E-state index in [0.717, 1.165) is 17.7 Å². The number of nitrogens with zero attached hydrogens (tertiary/aromatic N) is 2. The van der Waals surface area contributed by atoms with E-state index >= 15 is 0 Å². The third-order valence-electron chi connectivity index (χ3n) is 3.16. The van der Waals surface area contributed by atoms with Crippen LogP contribution in [0.15, 0.2) is 30.3 Å². The van der Waals surface area contributed by atoms with Crippen LogP contribution >= 0.6 is 0 Å². The number of benzene rings is 2. The van der Waals surface area contributed by atoms with E-state index < -0.39 is 17.5 Å². The Kier molecular flexibility index (Phi) is 3.01. The third-order valence-corrected chi connectivity index (χ3v) is 3.16. The van der Waals surface area contributed by atoms with Crippen molar-refractivity contribution < 1.29 is 13.2 Å². The van der Waals surface area contributed by atoms with E-state index in [-0.39, 0.29) is 17.2 Å². The maximum Gasteiger partial charge on any atom is 0.195 e. The number of aryl methyl sites for hydroxylation is 1. The minimum atomic E-state index is -1.56. The highest BCUT2D eigenvalue weighted by atomic mass is 19.2. The van der Waals surface area contributed by atoms with Gasteiger partial charge in [-0.05, 0) is 31.2 Å². The molecule has 2 N–H and O–H groups in total. The van der Waals surface area contributed by atoms with Crippen LogP contribution in [0.5, 0.6) is 0 Å². The molecule has 3 rings (SSSR count). The lowest BCUT2D eigenvalue weighted by atomic mass is 10.1. The molecule has 6 heteroatoms. The Labute approximate surface area is 118 Å². The van der Waals surface area contributed by atoms with Crippen LogP contribution in [-0.4, -0.2) is 9.97 Å². The minimum Gasteiger partial charge on any atom is -0.383 e. The average Bonchev–Trinajstić information content (AvgIpc) is 2.45. The molecule has 0 bridgehead atoms. The Hall–Kier alpha value is -2.63. The molecule has 0 radical (unpaired) electrons.